The van der Waals surface area contributed by atoms with Gasteiger partial charge >= 0.3 is 0 Å². The van der Waals surface area contributed by atoms with E-state index in [1.54, 1.807) is 13.4 Å². The molecular weight excluding hydrogens is 372 g/mol. The number of H-pyrrole nitrogens is 1. The van der Waals surface area contributed by atoms with Crippen LogP contribution < -0.4 is 10.1 Å². The van der Waals surface area contributed by atoms with Crippen molar-refractivity contribution in [1.82, 2.24) is 20.3 Å². The van der Waals surface area contributed by atoms with E-state index in [9.17, 15) is 4.79 Å². The van der Waals surface area contributed by atoms with Crippen LogP contribution in [0.3, 0.4) is 0 Å². The van der Waals surface area contributed by atoms with E-state index in [-0.39, 0.29) is 11.7 Å². The van der Waals surface area contributed by atoms with Gasteiger partial charge in [0.25, 0.3) is 0 Å². The van der Waals surface area contributed by atoms with Crippen LogP contribution >= 0.6 is 11.8 Å². The summed E-state index contributed by atoms with van der Waals surface area (Å²) in [6.07, 6.45) is 1.55. The minimum absolute atomic E-state index is 0.0495. The summed E-state index contributed by atoms with van der Waals surface area (Å²) in [5.41, 5.74) is 4.94. The fraction of sp³-hybridized carbons (Fsp3) is 0.190. The predicted molar refractivity (Wildman–Crippen MR) is 112 cm³/mol. The summed E-state index contributed by atoms with van der Waals surface area (Å²) in [5.74, 6) is 1.01. The molecule has 0 unspecified atom stereocenters. The zero-order valence-corrected chi connectivity index (χ0v) is 16.5. The maximum Gasteiger partial charge on any atom is 0.230 e. The van der Waals surface area contributed by atoms with Crippen molar-refractivity contribution in [3.05, 3.63) is 59.9 Å². The molecule has 2 aromatic carbocycles. The van der Waals surface area contributed by atoms with E-state index >= 15 is 0 Å². The molecule has 0 aliphatic carbocycles. The lowest BCUT2D eigenvalue weighted by atomic mass is 10.2. The topological polar surface area (TPSA) is 79.9 Å². The fourth-order valence-corrected chi connectivity index (χ4v) is 3.85. The van der Waals surface area contributed by atoms with Crippen LogP contribution in [0, 0.1) is 6.92 Å². The zero-order chi connectivity index (χ0) is 19.5. The predicted octanol–water partition coefficient (Wildman–Crippen LogP) is 3.84. The minimum atomic E-state index is -0.0495. The summed E-state index contributed by atoms with van der Waals surface area (Å²) >= 11 is 1.40. The van der Waals surface area contributed by atoms with Crippen LogP contribution in [0.1, 0.15) is 11.1 Å². The summed E-state index contributed by atoms with van der Waals surface area (Å²) in [4.78, 5) is 24.4. The molecule has 2 aromatic heterocycles. The van der Waals surface area contributed by atoms with Gasteiger partial charge in [-0.1, -0.05) is 35.5 Å². The highest BCUT2D eigenvalue weighted by Gasteiger charge is 2.12. The van der Waals surface area contributed by atoms with Gasteiger partial charge < -0.3 is 15.0 Å². The summed E-state index contributed by atoms with van der Waals surface area (Å²) in [7, 11) is 1.63. The van der Waals surface area contributed by atoms with Crippen molar-refractivity contribution >= 4 is 39.6 Å². The van der Waals surface area contributed by atoms with Gasteiger partial charge in [-0.05, 0) is 36.8 Å². The van der Waals surface area contributed by atoms with Gasteiger partial charge in [0.05, 0.1) is 18.4 Å². The number of fused-ring (bicyclic) bond motifs is 3. The Bertz CT molecular complexity index is 1160. The molecule has 28 heavy (non-hydrogen) atoms. The summed E-state index contributed by atoms with van der Waals surface area (Å²) < 4.78 is 5.21. The standard InChI is InChI=1S/C21H20N4O2S/c1-13-6-7-17-16(8-13)19-20(25-17)21(24-12-23-19)28-11-18(26)22-10-14-4-3-5-15(9-14)27-2/h3-9,12,25H,10-11H2,1-2H3,(H,22,26). The third-order valence-corrected chi connectivity index (χ3v) is 5.46. The normalized spacial score (nSPS) is 11.1. The van der Waals surface area contributed by atoms with Crippen molar-refractivity contribution in [3.63, 3.8) is 0 Å². The van der Waals surface area contributed by atoms with Gasteiger partial charge in [-0.3, -0.25) is 4.79 Å². The summed E-state index contributed by atoms with van der Waals surface area (Å²) in [5, 5.41) is 4.78. The number of nitrogens with zero attached hydrogens (tertiary/aromatic N) is 2. The smallest absolute Gasteiger partial charge is 0.230 e. The van der Waals surface area contributed by atoms with E-state index in [0.717, 1.165) is 38.3 Å². The van der Waals surface area contributed by atoms with Crippen LogP contribution in [-0.2, 0) is 11.3 Å². The Kier molecular flexibility index (Phi) is 5.16. The van der Waals surface area contributed by atoms with Crippen LogP contribution in [0.5, 0.6) is 5.75 Å². The summed E-state index contributed by atoms with van der Waals surface area (Å²) in [6, 6.07) is 13.9. The average molecular weight is 392 g/mol. The van der Waals surface area contributed by atoms with Gasteiger partial charge in [0.15, 0.2) is 0 Å². The van der Waals surface area contributed by atoms with Gasteiger partial charge in [-0.15, -0.1) is 0 Å². The van der Waals surface area contributed by atoms with E-state index in [4.69, 9.17) is 4.74 Å². The number of nitrogens with one attached hydrogen (secondary N) is 2. The van der Waals surface area contributed by atoms with Crippen LogP contribution in [-0.4, -0.2) is 33.7 Å². The number of aryl methyl sites for hydroxylation is 1. The lowest BCUT2D eigenvalue weighted by Gasteiger charge is -2.07. The summed E-state index contributed by atoms with van der Waals surface area (Å²) in [6.45, 7) is 2.52. The third-order valence-electron chi connectivity index (χ3n) is 4.47. The molecule has 4 aromatic rings. The highest BCUT2D eigenvalue weighted by atomic mass is 32.2. The number of carbonyl (C=O) groups excluding carboxylic acids is 1. The van der Waals surface area contributed by atoms with Crippen molar-refractivity contribution in [2.45, 2.75) is 18.5 Å². The lowest BCUT2D eigenvalue weighted by Crippen LogP contribution is -2.24. The number of thioether (sulfide) groups is 1. The molecule has 142 valence electrons. The Morgan fingerprint density at radius 3 is 2.96 bits per heavy atom. The van der Waals surface area contributed by atoms with E-state index in [1.807, 2.05) is 30.3 Å². The number of carbonyl (C=O) groups is 1. The van der Waals surface area contributed by atoms with Crippen molar-refractivity contribution in [3.8, 4) is 5.75 Å². The highest BCUT2D eigenvalue weighted by molar-refractivity contribution is 8.00. The Labute approximate surface area is 166 Å². The number of methoxy groups -OCH3 is 1. The maximum atomic E-state index is 12.3. The first kappa shape index (κ1) is 18.3. The second-order valence-corrected chi connectivity index (χ2v) is 7.46. The van der Waals surface area contributed by atoms with Crippen molar-refractivity contribution in [2.24, 2.45) is 0 Å². The molecule has 0 fully saturated rings. The Balaban J connectivity index is 1.45. The molecule has 1 amide bonds. The Morgan fingerprint density at radius 2 is 2.11 bits per heavy atom. The number of hydrogen-bond donors (Lipinski definition) is 2. The fourth-order valence-electron chi connectivity index (χ4n) is 3.06. The van der Waals surface area contributed by atoms with Gasteiger partial charge in [-0.25, -0.2) is 9.97 Å². The van der Waals surface area contributed by atoms with E-state index in [2.05, 4.69) is 39.3 Å². The second-order valence-electron chi connectivity index (χ2n) is 6.49. The van der Waals surface area contributed by atoms with Crippen LogP contribution in [0.15, 0.2) is 53.8 Å². The van der Waals surface area contributed by atoms with Gasteiger partial charge in [-0.2, -0.15) is 0 Å². The Hall–Kier alpha value is -3.06. The molecular formula is C21H20N4O2S. The molecule has 0 aliphatic rings. The lowest BCUT2D eigenvalue weighted by molar-refractivity contribution is -0.118. The monoisotopic (exact) mass is 392 g/mol. The van der Waals surface area contributed by atoms with Crippen molar-refractivity contribution in [1.29, 1.82) is 0 Å². The number of ether oxygens (including phenoxy) is 1. The molecule has 7 heteroatoms. The van der Waals surface area contributed by atoms with Crippen LogP contribution in [0.2, 0.25) is 0 Å². The largest absolute Gasteiger partial charge is 0.497 e. The number of aromatic amines is 1. The SMILES string of the molecule is COc1cccc(CNC(=O)CSc2ncnc3c2[nH]c2ccc(C)cc23)c1. The number of aromatic nitrogens is 3. The third kappa shape index (κ3) is 3.80. The average Bonchev–Trinajstić information content (AvgIpc) is 3.09. The molecule has 4 rings (SSSR count). The first-order chi connectivity index (χ1) is 13.6. The molecule has 2 N–H and O–H groups in total. The Morgan fingerprint density at radius 1 is 1.21 bits per heavy atom. The molecule has 2 heterocycles. The molecule has 6 nitrogen and oxygen atoms in total. The maximum absolute atomic E-state index is 12.3. The molecule has 0 bridgehead atoms. The van der Waals surface area contributed by atoms with Crippen LogP contribution in [0.4, 0.5) is 0 Å². The number of hydrogen-bond acceptors (Lipinski definition) is 5. The molecule has 0 aliphatic heterocycles. The molecule has 0 saturated heterocycles. The van der Waals surface area contributed by atoms with Crippen LogP contribution in [0.25, 0.3) is 21.9 Å². The second kappa shape index (κ2) is 7.90. The van der Waals surface area contributed by atoms with E-state index in [0.29, 0.717) is 6.54 Å². The zero-order valence-electron chi connectivity index (χ0n) is 15.7. The minimum Gasteiger partial charge on any atom is -0.497 e. The first-order valence-corrected chi connectivity index (χ1v) is 9.88. The quantitative estimate of drug-likeness (QED) is 0.385. The van der Waals surface area contributed by atoms with Gasteiger partial charge in [0, 0.05) is 17.4 Å². The number of rotatable bonds is 6. The molecule has 0 radical (unpaired) electrons. The molecule has 0 saturated carbocycles. The van der Waals surface area contributed by atoms with Crippen molar-refractivity contribution < 1.29 is 9.53 Å². The number of amides is 1. The molecule has 0 spiro atoms. The highest BCUT2D eigenvalue weighted by Crippen LogP contribution is 2.30. The molecule has 0 atom stereocenters. The number of benzene rings is 2. The van der Waals surface area contributed by atoms with E-state index < -0.39 is 0 Å². The van der Waals surface area contributed by atoms with Crippen molar-refractivity contribution in [2.75, 3.05) is 12.9 Å². The van der Waals surface area contributed by atoms with Gasteiger partial charge in [0.1, 0.15) is 22.6 Å². The van der Waals surface area contributed by atoms with Gasteiger partial charge in [0.2, 0.25) is 5.91 Å². The first-order valence-electron chi connectivity index (χ1n) is 8.89. The van der Waals surface area contributed by atoms with E-state index in [1.165, 1.54) is 17.3 Å².